The third kappa shape index (κ3) is 7.71. The van der Waals surface area contributed by atoms with E-state index in [0.29, 0.717) is 33.0 Å². The molecule has 0 atom stereocenters. The number of ether oxygens (including phenoxy) is 2. The molecule has 3 amide bonds. The summed E-state index contributed by atoms with van der Waals surface area (Å²) in [6.45, 7) is 1.78. The first kappa shape index (κ1) is 25.5. The highest BCUT2D eigenvalue weighted by Gasteiger charge is 2.15. The van der Waals surface area contributed by atoms with Crippen molar-refractivity contribution in [3.63, 3.8) is 0 Å². The number of methoxy groups -OCH3 is 1. The number of hydrazone groups is 1. The van der Waals surface area contributed by atoms with Crippen molar-refractivity contribution in [1.82, 2.24) is 10.7 Å². The minimum atomic E-state index is -0.932. The number of furan rings is 1. The van der Waals surface area contributed by atoms with Crippen molar-refractivity contribution in [3.05, 3.63) is 76.2 Å². The van der Waals surface area contributed by atoms with E-state index in [2.05, 4.69) is 37.1 Å². The Morgan fingerprint density at radius 1 is 1.11 bits per heavy atom. The second-order valence-corrected chi connectivity index (χ2v) is 8.06. The van der Waals surface area contributed by atoms with Gasteiger partial charge in [-0.25, -0.2) is 5.43 Å². The zero-order valence-electron chi connectivity index (χ0n) is 19.0. The van der Waals surface area contributed by atoms with Crippen LogP contribution >= 0.6 is 15.9 Å². The highest BCUT2D eigenvalue weighted by Crippen LogP contribution is 2.36. The SMILES string of the molecule is COc1cc(/C=N\NC(=O)C(=O)NCc2ccco2)cc(Br)c1OCC(=O)Nc1cccc(C)c1. The van der Waals surface area contributed by atoms with E-state index >= 15 is 0 Å². The number of hydrogen-bond acceptors (Lipinski definition) is 7. The third-order valence-corrected chi connectivity index (χ3v) is 5.08. The van der Waals surface area contributed by atoms with Gasteiger partial charge in [0.15, 0.2) is 18.1 Å². The number of hydrogen-bond donors (Lipinski definition) is 3. The maximum absolute atomic E-state index is 12.3. The number of amides is 3. The number of rotatable bonds is 9. The summed E-state index contributed by atoms with van der Waals surface area (Å²) in [5.74, 6) is -0.940. The quantitative estimate of drug-likeness (QED) is 0.216. The molecule has 3 aromatic rings. The van der Waals surface area contributed by atoms with Gasteiger partial charge in [-0.3, -0.25) is 14.4 Å². The van der Waals surface area contributed by atoms with Crippen LogP contribution in [0.4, 0.5) is 5.69 Å². The van der Waals surface area contributed by atoms with E-state index in [1.54, 1.807) is 30.3 Å². The Kier molecular flexibility index (Phi) is 9.02. The zero-order chi connectivity index (χ0) is 25.2. The van der Waals surface area contributed by atoms with E-state index in [4.69, 9.17) is 13.9 Å². The molecule has 0 saturated heterocycles. The molecule has 0 saturated carbocycles. The summed E-state index contributed by atoms with van der Waals surface area (Å²) >= 11 is 3.39. The Morgan fingerprint density at radius 2 is 1.94 bits per heavy atom. The monoisotopic (exact) mass is 542 g/mol. The molecule has 1 heterocycles. The summed E-state index contributed by atoms with van der Waals surface area (Å²) in [4.78, 5) is 36.0. The summed E-state index contributed by atoms with van der Waals surface area (Å²) in [5.41, 5.74) is 4.39. The normalized spacial score (nSPS) is 10.6. The molecule has 0 radical (unpaired) electrons. The first-order valence-electron chi connectivity index (χ1n) is 10.4. The van der Waals surface area contributed by atoms with Gasteiger partial charge in [-0.15, -0.1) is 0 Å². The summed E-state index contributed by atoms with van der Waals surface area (Å²) in [6.07, 6.45) is 2.80. The average molecular weight is 543 g/mol. The second kappa shape index (κ2) is 12.4. The summed E-state index contributed by atoms with van der Waals surface area (Å²) in [6, 6.07) is 14.0. The summed E-state index contributed by atoms with van der Waals surface area (Å²) in [5, 5.41) is 8.97. The fourth-order valence-electron chi connectivity index (χ4n) is 2.89. The molecule has 0 spiro atoms. The largest absolute Gasteiger partial charge is 0.493 e. The number of carbonyl (C=O) groups is 3. The van der Waals surface area contributed by atoms with Crippen molar-refractivity contribution in [1.29, 1.82) is 0 Å². The van der Waals surface area contributed by atoms with Crippen LogP contribution in [0.5, 0.6) is 11.5 Å². The summed E-state index contributed by atoms with van der Waals surface area (Å²) in [7, 11) is 1.45. The molecule has 0 aliphatic carbocycles. The van der Waals surface area contributed by atoms with Crippen molar-refractivity contribution < 1.29 is 28.3 Å². The van der Waals surface area contributed by atoms with Crippen LogP contribution in [0.3, 0.4) is 0 Å². The first-order chi connectivity index (χ1) is 16.9. The molecule has 0 aliphatic rings. The number of carbonyl (C=O) groups excluding carboxylic acids is 3. The van der Waals surface area contributed by atoms with E-state index < -0.39 is 11.8 Å². The van der Waals surface area contributed by atoms with Crippen molar-refractivity contribution in [2.24, 2.45) is 5.10 Å². The predicted molar refractivity (Wildman–Crippen MR) is 132 cm³/mol. The number of halogens is 1. The second-order valence-electron chi connectivity index (χ2n) is 7.20. The van der Waals surface area contributed by atoms with Crippen LogP contribution in [0, 0.1) is 6.92 Å². The molecule has 10 nitrogen and oxygen atoms in total. The van der Waals surface area contributed by atoms with Crippen molar-refractivity contribution in [2.45, 2.75) is 13.5 Å². The molecule has 3 N–H and O–H groups in total. The highest BCUT2D eigenvalue weighted by molar-refractivity contribution is 9.10. The van der Waals surface area contributed by atoms with Gasteiger partial charge in [0.25, 0.3) is 5.91 Å². The van der Waals surface area contributed by atoms with Gasteiger partial charge >= 0.3 is 11.8 Å². The molecule has 3 rings (SSSR count). The number of benzene rings is 2. The fraction of sp³-hybridized carbons (Fsp3) is 0.167. The number of aryl methyl sites for hydroxylation is 1. The Balaban J connectivity index is 1.55. The molecule has 11 heteroatoms. The van der Waals surface area contributed by atoms with Crippen molar-refractivity contribution in [2.75, 3.05) is 19.0 Å². The lowest BCUT2D eigenvalue weighted by molar-refractivity contribution is -0.139. The maximum atomic E-state index is 12.3. The van der Waals surface area contributed by atoms with Crippen LogP contribution in [0.15, 0.2) is 68.8 Å². The van der Waals surface area contributed by atoms with Crippen molar-refractivity contribution in [3.8, 4) is 11.5 Å². The number of nitrogens with zero attached hydrogens (tertiary/aromatic N) is 1. The molecule has 0 fully saturated rings. The Morgan fingerprint density at radius 3 is 2.66 bits per heavy atom. The van der Waals surface area contributed by atoms with E-state index in [1.807, 2.05) is 25.1 Å². The van der Waals surface area contributed by atoms with E-state index in [0.717, 1.165) is 5.56 Å². The minimum absolute atomic E-state index is 0.0809. The van der Waals surface area contributed by atoms with Crippen LogP contribution in [-0.4, -0.2) is 37.7 Å². The molecule has 0 unspecified atom stereocenters. The predicted octanol–water partition coefficient (Wildman–Crippen LogP) is 3.14. The molecule has 2 aromatic carbocycles. The van der Waals surface area contributed by atoms with Crippen molar-refractivity contribution >= 4 is 45.6 Å². The average Bonchev–Trinajstić information content (AvgIpc) is 3.35. The maximum Gasteiger partial charge on any atom is 0.329 e. The van der Waals surface area contributed by atoms with E-state index in [1.165, 1.54) is 19.6 Å². The lowest BCUT2D eigenvalue weighted by Crippen LogP contribution is -2.37. The molecular weight excluding hydrogens is 520 g/mol. The lowest BCUT2D eigenvalue weighted by Gasteiger charge is -2.13. The van der Waals surface area contributed by atoms with Gasteiger partial charge in [0, 0.05) is 5.69 Å². The molecule has 0 bridgehead atoms. The van der Waals surface area contributed by atoms with Gasteiger partial charge in [-0.05, 0) is 70.4 Å². The van der Waals surface area contributed by atoms with Gasteiger partial charge in [-0.2, -0.15) is 5.10 Å². The number of nitrogens with one attached hydrogen (secondary N) is 3. The standard InChI is InChI=1S/C24H23BrN4O6/c1-15-5-3-6-17(9-15)28-21(30)14-35-22-19(25)10-16(11-20(22)33-2)12-27-29-24(32)23(31)26-13-18-7-4-8-34-18/h3-12H,13-14H2,1-2H3,(H,26,31)(H,28,30)(H,29,32)/b27-12-. The number of anilines is 1. The summed E-state index contributed by atoms with van der Waals surface area (Å²) < 4.78 is 16.6. The first-order valence-corrected chi connectivity index (χ1v) is 11.2. The van der Waals surface area contributed by atoms with E-state index in [-0.39, 0.29) is 19.1 Å². The molecule has 0 aliphatic heterocycles. The molecule has 1 aromatic heterocycles. The minimum Gasteiger partial charge on any atom is -0.493 e. The zero-order valence-corrected chi connectivity index (χ0v) is 20.5. The van der Waals surface area contributed by atoms with E-state index in [9.17, 15) is 14.4 Å². The third-order valence-electron chi connectivity index (χ3n) is 4.49. The van der Waals surface area contributed by atoms with Crippen LogP contribution in [0.1, 0.15) is 16.9 Å². The highest BCUT2D eigenvalue weighted by atomic mass is 79.9. The lowest BCUT2D eigenvalue weighted by atomic mass is 10.2. The topological polar surface area (TPSA) is 131 Å². The van der Waals surface area contributed by atoms with Crippen LogP contribution in [0.2, 0.25) is 0 Å². The molecule has 35 heavy (non-hydrogen) atoms. The Labute approximate surface area is 209 Å². The van der Waals surface area contributed by atoms with Crippen LogP contribution in [-0.2, 0) is 20.9 Å². The van der Waals surface area contributed by atoms with Gasteiger partial charge in [0.1, 0.15) is 5.76 Å². The van der Waals surface area contributed by atoms with Gasteiger partial charge in [-0.1, -0.05) is 12.1 Å². The Bertz CT molecular complexity index is 1230. The fourth-order valence-corrected chi connectivity index (χ4v) is 3.46. The van der Waals surface area contributed by atoms with Gasteiger partial charge in [0.2, 0.25) is 0 Å². The van der Waals surface area contributed by atoms with Crippen LogP contribution < -0.4 is 25.5 Å². The van der Waals surface area contributed by atoms with Gasteiger partial charge < -0.3 is 24.5 Å². The Hall–Kier alpha value is -4.12. The smallest absolute Gasteiger partial charge is 0.329 e. The van der Waals surface area contributed by atoms with Crippen LogP contribution in [0.25, 0.3) is 0 Å². The van der Waals surface area contributed by atoms with Gasteiger partial charge in [0.05, 0.1) is 30.6 Å². The molecular formula is C24H23BrN4O6. The molecule has 182 valence electrons.